The Balaban J connectivity index is 1.69. The van der Waals surface area contributed by atoms with E-state index in [1.165, 1.54) is 16.7 Å². The molecule has 0 aliphatic rings. The quantitative estimate of drug-likeness (QED) is 0.385. The maximum absolute atomic E-state index is 5.98. The van der Waals surface area contributed by atoms with Crippen molar-refractivity contribution >= 4 is 29.2 Å². The summed E-state index contributed by atoms with van der Waals surface area (Å²) < 4.78 is 0. The van der Waals surface area contributed by atoms with Gasteiger partial charge in [-0.3, -0.25) is 0 Å². The zero-order valence-electron chi connectivity index (χ0n) is 15.6. The van der Waals surface area contributed by atoms with E-state index in [2.05, 4.69) is 67.4 Å². The van der Waals surface area contributed by atoms with E-state index in [1.54, 1.807) is 18.2 Å². The Morgan fingerprint density at radius 2 is 1.41 bits per heavy atom. The number of aliphatic imine (C=N–C) groups is 1. The van der Waals surface area contributed by atoms with Gasteiger partial charge < -0.3 is 5.73 Å². The Labute approximate surface area is 166 Å². The van der Waals surface area contributed by atoms with E-state index in [-0.39, 0.29) is 0 Å². The second-order valence-electron chi connectivity index (χ2n) is 6.75. The van der Waals surface area contributed by atoms with Crippen molar-refractivity contribution in [1.29, 1.82) is 0 Å². The molecule has 3 aromatic carbocycles. The second-order valence-corrected chi connectivity index (χ2v) is 7.18. The molecule has 2 nitrogen and oxygen atoms in total. The third kappa shape index (κ3) is 5.32. The standard InChI is InChI=1S/C24H23ClN2/c1-17(2)19-8-10-21(11-9-19)20-6-3-18(4-7-20)5-16-24(26)27-23-14-12-22(25)13-15-23/h3-17H,1-2H3,(H2,26,27)/b16-5+. The second kappa shape index (κ2) is 8.70. The molecule has 0 saturated heterocycles. The van der Waals surface area contributed by atoms with Gasteiger partial charge in [0.2, 0.25) is 0 Å². The predicted molar refractivity (Wildman–Crippen MR) is 118 cm³/mol. The number of hydrogen-bond donors (Lipinski definition) is 1. The van der Waals surface area contributed by atoms with Gasteiger partial charge in [0.1, 0.15) is 5.84 Å². The van der Waals surface area contributed by atoms with Gasteiger partial charge >= 0.3 is 0 Å². The first-order valence-corrected chi connectivity index (χ1v) is 9.37. The van der Waals surface area contributed by atoms with Crippen LogP contribution in [0.2, 0.25) is 5.02 Å². The molecule has 0 unspecified atom stereocenters. The third-order valence-corrected chi connectivity index (χ3v) is 4.60. The van der Waals surface area contributed by atoms with Crippen LogP contribution in [0.5, 0.6) is 0 Å². The lowest BCUT2D eigenvalue weighted by atomic mass is 9.98. The highest BCUT2D eigenvalue weighted by atomic mass is 35.5. The molecule has 2 N–H and O–H groups in total. The van der Waals surface area contributed by atoms with Crippen molar-refractivity contribution in [1.82, 2.24) is 0 Å². The molecule has 0 bridgehead atoms. The maximum Gasteiger partial charge on any atom is 0.124 e. The minimum absolute atomic E-state index is 0.450. The number of nitrogens with zero attached hydrogens (tertiary/aromatic N) is 1. The zero-order chi connectivity index (χ0) is 19.2. The van der Waals surface area contributed by atoms with E-state index in [0.717, 1.165) is 11.3 Å². The molecular weight excluding hydrogens is 352 g/mol. The van der Waals surface area contributed by atoms with Gasteiger partial charge in [0.25, 0.3) is 0 Å². The summed E-state index contributed by atoms with van der Waals surface area (Å²) in [4.78, 5) is 4.35. The predicted octanol–water partition coefficient (Wildman–Crippen LogP) is 6.83. The molecule has 27 heavy (non-hydrogen) atoms. The smallest absolute Gasteiger partial charge is 0.124 e. The Bertz CT molecular complexity index is 935. The minimum Gasteiger partial charge on any atom is -0.384 e. The van der Waals surface area contributed by atoms with Crippen LogP contribution >= 0.6 is 11.6 Å². The number of benzene rings is 3. The molecule has 0 heterocycles. The van der Waals surface area contributed by atoms with Crippen molar-refractivity contribution in [2.24, 2.45) is 10.7 Å². The van der Waals surface area contributed by atoms with E-state index >= 15 is 0 Å². The highest BCUT2D eigenvalue weighted by Gasteiger charge is 2.01. The summed E-state index contributed by atoms with van der Waals surface area (Å²) in [5.74, 6) is 0.997. The largest absolute Gasteiger partial charge is 0.384 e. The lowest BCUT2D eigenvalue weighted by molar-refractivity contribution is 0.867. The molecular formula is C24H23ClN2. The lowest BCUT2D eigenvalue weighted by Crippen LogP contribution is -2.06. The van der Waals surface area contributed by atoms with E-state index < -0.39 is 0 Å². The minimum atomic E-state index is 0.450. The van der Waals surface area contributed by atoms with Crippen LogP contribution in [-0.4, -0.2) is 5.84 Å². The normalized spacial score (nSPS) is 12.1. The molecule has 3 rings (SSSR count). The molecule has 0 amide bonds. The first kappa shape index (κ1) is 18.9. The molecule has 3 aromatic rings. The van der Waals surface area contributed by atoms with E-state index in [9.17, 15) is 0 Å². The van der Waals surface area contributed by atoms with Gasteiger partial charge in [-0.1, -0.05) is 80.1 Å². The number of amidine groups is 1. The zero-order valence-corrected chi connectivity index (χ0v) is 16.3. The maximum atomic E-state index is 5.98. The third-order valence-electron chi connectivity index (χ3n) is 4.35. The fourth-order valence-electron chi connectivity index (χ4n) is 2.73. The fraction of sp³-hybridized carbons (Fsp3) is 0.125. The summed E-state index contributed by atoms with van der Waals surface area (Å²) >= 11 is 5.87. The van der Waals surface area contributed by atoms with Crippen molar-refractivity contribution in [3.63, 3.8) is 0 Å². The average Bonchev–Trinajstić information content (AvgIpc) is 2.69. The summed E-state index contributed by atoms with van der Waals surface area (Å²) in [6.45, 7) is 4.41. The average molecular weight is 375 g/mol. The molecule has 0 aliphatic carbocycles. The molecule has 0 spiro atoms. The summed E-state index contributed by atoms with van der Waals surface area (Å²) in [6, 6.07) is 24.4. The number of nitrogens with two attached hydrogens (primary N) is 1. The van der Waals surface area contributed by atoms with Gasteiger partial charge in [0.05, 0.1) is 5.69 Å². The van der Waals surface area contributed by atoms with Crippen LogP contribution in [0, 0.1) is 0 Å². The van der Waals surface area contributed by atoms with Crippen LogP contribution in [0.4, 0.5) is 5.69 Å². The molecule has 0 atom stereocenters. The molecule has 0 aromatic heterocycles. The fourth-order valence-corrected chi connectivity index (χ4v) is 2.86. The Morgan fingerprint density at radius 1 is 0.852 bits per heavy atom. The van der Waals surface area contributed by atoms with Crippen LogP contribution in [0.25, 0.3) is 17.2 Å². The molecule has 3 heteroatoms. The van der Waals surface area contributed by atoms with Crippen LogP contribution < -0.4 is 5.73 Å². The van der Waals surface area contributed by atoms with Crippen LogP contribution in [0.1, 0.15) is 30.9 Å². The topological polar surface area (TPSA) is 38.4 Å². The summed E-state index contributed by atoms with van der Waals surface area (Å²) in [7, 11) is 0. The highest BCUT2D eigenvalue weighted by Crippen LogP contribution is 2.23. The van der Waals surface area contributed by atoms with E-state index in [0.29, 0.717) is 16.8 Å². The van der Waals surface area contributed by atoms with Gasteiger partial charge in [-0.25, -0.2) is 4.99 Å². The van der Waals surface area contributed by atoms with Gasteiger partial charge in [-0.15, -0.1) is 0 Å². The molecule has 136 valence electrons. The number of rotatable bonds is 5. The first-order chi connectivity index (χ1) is 13.0. The SMILES string of the molecule is CC(C)c1ccc(-c2ccc(/C=C/C(N)=Nc3ccc(Cl)cc3)cc2)cc1. The number of hydrogen-bond acceptors (Lipinski definition) is 1. The Morgan fingerprint density at radius 3 is 1.96 bits per heavy atom. The summed E-state index contributed by atoms with van der Waals surface area (Å²) in [6.07, 6.45) is 3.77. The lowest BCUT2D eigenvalue weighted by Gasteiger charge is -2.07. The molecule has 0 aliphatic heterocycles. The van der Waals surface area contributed by atoms with Crippen molar-refractivity contribution in [3.05, 3.63) is 95.0 Å². The Hall–Kier alpha value is -2.84. The van der Waals surface area contributed by atoms with E-state index in [4.69, 9.17) is 17.3 Å². The number of halogens is 1. The monoisotopic (exact) mass is 374 g/mol. The van der Waals surface area contributed by atoms with Gasteiger partial charge in [-0.05, 0) is 58.5 Å². The Kier molecular flexibility index (Phi) is 6.10. The summed E-state index contributed by atoms with van der Waals surface area (Å²) in [5, 5.41) is 0.682. The van der Waals surface area contributed by atoms with Gasteiger partial charge in [0.15, 0.2) is 0 Å². The van der Waals surface area contributed by atoms with Crippen LogP contribution in [0.3, 0.4) is 0 Å². The summed E-state index contributed by atoms with van der Waals surface area (Å²) in [5.41, 5.74) is 11.6. The van der Waals surface area contributed by atoms with Crippen LogP contribution in [-0.2, 0) is 0 Å². The van der Waals surface area contributed by atoms with Crippen molar-refractivity contribution in [2.45, 2.75) is 19.8 Å². The molecule has 0 radical (unpaired) electrons. The molecule has 0 saturated carbocycles. The van der Waals surface area contributed by atoms with Crippen molar-refractivity contribution < 1.29 is 0 Å². The van der Waals surface area contributed by atoms with Gasteiger partial charge in [-0.2, -0.15) is 0 Å². The van der Waals surface area contributed by atoms with Gasteiger partial charge in [0, 0.05) is 5.02 Å². The van der Waals surface area contributed by atoms with Crippen molar-refractivity contribution in [3.8, 4) is 11.1 Å². The highest BCUT2D eigenvalue weighted by molar-refractivity contribution is 6.30. The molecule has 0 fully saturated rings. The van der Waals surface area contributed by atoms with E-state index in [1.807, 2.05) is 18.2 Å². The first-order valence-electron chi connectivity index (χ1n) is 8.99. The van der Waals surface area contributed by atoms with Crippen molar-refractivity contribution in [2.75, 3.05) is 0 Å². The van der Waals surface area contributed by atoms with Crippen LogP contribution in [0.15, 0.2) is 83.9 Å².